The van der Waals surface area contributed by atoms with Crippen LogP contribution in [0.2, 0.25) is 5.11 Å². The van der Waals surface area contributed by atoms with Crippen molar-refractivity contribution in [3.05, 3.63) is 46.9 Å². The Morgan fingerprint density at radius 2 is 2.00 bits per heavy atom. The Labute approximate surface area is 207 Å². The molecule has 1 atom stereocenters. The standard InChI is InChI=1S/C20H15B5FN7O2/c1-9-7-29-18(34)15-16(28)31-33-5-4-14(30-17(15)33)32(20(24,25)19(21,22)23)8-11-10(6-27)12(26)2-3-13(11)35-9/h2-5,9H,7-8H2,1H3,(H2,28,31)(H,29,34)/t9-/m0/s1. The van der Waals surface area contributed by atoms with Gasteiger partial charge in [-0.25, -0.2) is 13.9 Å². The number of nitrogen functional groups attached to an aromatic ring is 1. The number of nitrogens with one attached hydrogen (secondary N) is 1. The second-order valence-electron chi connectivity index (χ2n) is 8.31. The van der Waals surface area contributed by atoms with Crippen LogP contribution in [-0.2, 0) is 6.54 Å². The van der Waals surface area contributed by atoms with Gasteiger partial charge < -0.3 is 20.7 Å². The number of fused-ring (bicyclic) bond motifs is 2. The first-order valence-electron chi connectivity index (χ1n) is 10.4. The topological polar surface area (TPSA) is 122 Å². The van der Waals surface area contributed by atoms with E-state index in [0.29, 0.717) is 0 Å². The van der Waals surface area contributed by atoms with Gasteiger partial charge in [0.05, 0.1) is 51.3 Å². The van der Waals surface area contributed by atoms with E-state index in [1.54, 1.807) is 6.92 Å². The first-order valence-corrected chi connectivity index (χ1v) is 10.4. The molecule has 4 rings (SSSR count). The van der Waals surface area contributed by atoms with Gasteiger partial charge >= 0.3 is 0 Å². The lowest BCUT2D eigenvalue weighted by Gasteiger charge is -2.51. The van der Waals surface area contributed by atoms with Gasteiger partial charge in [-0.1, -0.05) is 5.34 Å². The number of amides is 1. The Kier molecular flexibility index (Phi) is 6.03. The van der Waals surface area contributed by atoms with Crippen LogP contribution < -0.4 is 20.7 Å². The molecule has 1 aromatic carbocycles. The monoisotopic (exact) mass is 459 g/mol. The summed E-state index contributed by atoms with van der Waals surface area (Å²) in [4.78, 5) is 18.6. The van der Waals surface area contributed by atoms with Crippen molar-refractivity contribution in [1.82, 2.24) is 19.9 Å². The van der Waals surface area contributed by atoms with Gasteiger partial charge in [-0.05, 0) is 25.1 Å². The zero-order valence-corrected chi connectivity index (χ0v) is 18.7. The van der Waals surface area contributed by atoms with Gasteiger partial charge in [0.25, 0.3) is 5.91 Å². The van der Waals surface area contributed by atoms with E-state index in [1.807, 2.05) is 6.07 Å². The van der Waals surface area contributed by atoms with Crippen LogP contribution in [0.1, 0.15) is 28.4 Å². The van der Waals surface area contributed by atoms with Gasteiger partial charge in [0.15, 0.2) is 11.5 Å². The fraction of sp³-hybridized carbons (Fsp3) is 0.300. The molecule has 2 bridgehead atoms. The summed E-state index contributed by atoms with van der Waals surface area (Å²) in [5.74, 6) is -1.25. The number of carbonyl (C=O) groups excluding carboxylic acids is 1. The van der Waals surface area contributed by atoms with Crippen molar-refractivity contribution >= 4 is 62.4 Å². The number of anilines is 2. The van der Waals surface area contributed by atoms with E-state index in [0.717, 1.165) is 6.07 Å². The first-order chi connectivity index (χ1) is 16.3. The molecule has 15 heteroatoms. The smallest absolute Gasteiger partial charge is 0.259 e. The maximum Gasteiger partial charge on any atom is 0.259 e. The second kappa shape index (κ2) is 8.59. The Morgan fingerprint density at radius 3 is 2.66 bits per heavy atom. The molecule has 164 valence electrons. The number of nitrogens with two attached hydrogens (primary N) is 1. The van der Waals surface area contributed by atoms with Crippen molar-refractivity contribution in [1.29, 1.82) is 5.26 Å². The Morgan fingerprint density at radius 1 is 1.29 bits per heavy atom. The van der Waals surface area contributed by atoms with Crippen LogP contribution in [0.15, 0.2) is 24.4 Å². The minimum Gasteiger partial charge on any atom is -0.488 e. The summed E-state index contributed by atoms with van der Waals surface area (Å²) >= 11 is 0. The zero-order valence-electron chi connectivity index (χ0n) is 18.7. The predicted molar refractivity (Wildman–Crippen MR) is 131 cm³/mol. The third kappa shape index (κ3) is 4.22. The Hall–Kier alpha value is -3.55. The average molecular weight is 458 g/mol. The average Bonchev–Trinajstić information content (AvgIpc) is 3.11. The normalized spacial score (nSPS) is 16.9. The summed E-state index contributed by atoms with van der Waals surface area (Å²) in [6.45, 7) is 1.38. The van der Waals surface area contributed by atoms with Gasteiger partial charge in [0, 0.05) is 18.3 Å². The summed E-state index contributed by atoms with van der Waals surface area (Å²) < 4.78 is 21.9. The number of aromatic nitrogens is 3. The Bertz CT molecular complexity index is 1370. The highest BCUT2D eigenvalue weighted by atomic mass is 19.1. The number of ether oxygens (including phenoxy) is 1. The molecule has 1 amide bonds. The van der Waals surface area contributed by atoms with Crippen LogP contribution in [0.5, 0.6) is 5.75 Å². The van der Waals surface area contributed by atoms with E-state index in [-0.39, 0.29) is 52.8 Å². The highest BCUT2D eigenvalue weighted by molar-refractivity contribution is 6.67. The van der Waals surface area contributed by atoms with E-state index >= 15 is 0 Å². The zero-order chi connectivity index (χ0) is 25.7. The molecule has 10 radical (unpaired) electrons. The highest BCUT2D eigenvalue weighted by Gasteiger charge is 2.38. The summed E-state index contributed by atoms with van der Waals surface area (Å²) in [5, 5.41) is 12.1. The van der Waals surface area contributed by atoms with Crippen LogP contribution >= 0.6 is 0 Å². The first kappa shape index (κ1) is 24.6. The molecule has 0 spiro atoms. The number of hydrogen-bond donors (Lipinski definition) is 2. The number of nitriles is 1. The summed E-state index contributed by atoms with van der Waals surface area (Å²) in [6, 6.07) is 5.71. The molecular weight excluding hydrogens is 443 g/mol. The predicted octanol–water partition coefficient (Wildman–Crippen LogP) is -0.590. The molecule has 2 aromatic heterocycles. The molecule has 0 fully saturated rings. The molecule has 0 saturated heterocycles. The SMILES string of the molecule is [B]C([B])([B])C([B])([B])N1Cc2c(ccc(F)c2C#N)O[C@@H](C)CNC(=O)c2c(N)nn3ccc1nc23. The van der Waals surface area contributed by atoms with Crippen LogP contribution in [0.3, 0.4) is 0 Å². The lowest BCUT2D eigenvalue weighted by molar-refractivity contribution is 0.0934. The summed E-state index contributed by atoms with van der Waals surface area (Å²) in [5.41, 5.74) is 5.82. The molecular formula is C20H15B5FN7O2. The molecule has 9 nitrogen and oxygen atoms in total. The van der Waals surface area contributed by atoms with E-state index in [2.05, 4.69) is 15.4 Å². The minimum absolute atomic E-state index is 0.00123. The maximum absolute atomic E-state index is 14.6. The quantitative estimate of drug-likeness (QED) is 0.493. The molecule has 0 aliphatic carbocycles. The van der Waals surface area contributed by atoms with Crippen LogP contribution in [0, 0.1) is 17.1 Å². The largest absolute Gasteiger partial charge is 0.488 e. The van der Waals surface area contributed by atoms with Gasteiger partial charge in [-0.2, -0.15) is 5.26 Å². The van der Waals surface area contributed by atoms with E-state index in [9.17, 15) is 14.4 Å². The summed E-state index contributed by atoms with van der Waals surface area (Å²) in [6.07, 6.45) is 0.848. The fourth-order valence-electron chi connectivity index (χ4n) is 3.67. The number of rotatable bonds is 2. The molecule has 3 aromatic rings. The van der Waals surface area contributed by atoms with Gasteiger partial charge in [0.1, 0.15) is 35.1 Å². The molecule has 3 heterocycles. The molecule has 1 aliphatic heterocycles. The van der Waals surface area contributed by atoms with Crippen molar-refractivity contribution < 1.29 is 13.9 Å². The number of nitrogens with zero attached hydrogens (tertiary/aromatic N) is 5. The lowest BCUT2D eigenvalue weighted by Crippen LogP contribution is -2.59. The summed E-state index contributed by atoms with van der Waals surface area (Å²) in [7, 11) is 30.3. The molecule has 1 aliphatic rings. The lowest BCUT2D eigenvalue weighted by atomic mass is 9.26. The van der Waals surface area contributed by atoms with Crippen molar-refractivity contribution in [3.8, 4) is 11.8 Å². The third-order valence-electron chi connectivity index (χ3n) is 5.67. The van der Waals surface area contributed by atoms with Crippen molar-refractivity contribution in [2.75, 3.05) is 17.2 Å². The number of hydrogen-bond acceptors (Lipinski definition) is 7. The van der Waals surface area contributed by atoms with Crippen molar-refractivity contribution in [3.63, 3.8) is 0 Å². The van der Waals surface area contributed by atoms with Gasteiger partial charge in [0.2, 0.25) is 0 Å². The number of carbonyl (C=O) groups is 1. The minimum atomic E-state index is -2.21. The molecule has 0 unspecified atom stereocenters. The number of benzene rings is 1. The van der Waals surface area contributed by atoms with E-state index in [4.69, 9.17) is 49.7 Å². The molecule has 0 saturated carbocycles. The highest BCUT2D eigenvalue weighted by Crippen LogP contribution is 2.37. The van der Waals surface area contributed by atoms with Crippen LogP contribution in [0.4, 0.5) is 16.0 Å². The van der Waals surface area contributed by atoms with Crippen LogP contribution in [0.25, 0.3) is 5.65 Å². The number of halogens is 1. The van der Waals surface area contributed by atoms with Gasteiger partial charge in [-0.15, -0.1) is 10.2 Å². The van der Waals surface area contributed by atoms with Crippen molar-refractivity contribution in [2.24, 2.45) is 0 Å². The fourth-order valence-corrected chi connectivity index (χ4v) is 3.67. The van der Waals surface area contributed by atoms with E-state index < -0.39 is 28.3 Å². The second-order valence-corrected chi connectivity index (χ2v) is 8.31. The van der Waals surface area contributed by atoms with Crippen molar-refractivity contribution in [2.45, 2.75) is 30.0 Å². The van der Waals surface area contributed by atoms with E-state index in [1.165, 1.54) is 27.7 Å². The maximum atomic E-state index is 14.6. The molecule has 35 heavy (non-hydrogen) atoms. The Balaban J connectivity index is 2.03. The van der Waals surface area contributed by atoms with Gasteiger partial charge in [-0.3, -0.25) is 4.79 Å². The third-order valence-corrected chi connectivity index (χ3v) is 5.67. The molecule has 3 N–H and O–H groups in total. The van der Waals surface area contributed by atoms with Crippen LogP contribution in [-0.4, -0.2) is 77.7 Å².